The van der Waals surface area contributed by atoms with Crippen LogP contribution < -0.4 is 10.2 Å². The third-order valence-electron chi connectivity index (χ3n) is 5.82. The summed E-state index contributed by atoms with van der Waals surface area (Å²) in [5.41, 5.74) is 3.11. The first-order valence-corrected chi connectivity index (χ1v) is 12.1. The van der Waals surface area contributed by atoms with E-state index in [4.69, 9.17) is 0 Å². The van der Waals surface area contributed by atoms with E-state index in [2.05, 4.69) is 33.5 Å². The number of fused-ring (bicyclic) bond motifs is 1. The van der Waals surface area contributed by atoms with E-state index in [-0.39, 0.29) is 5.56 Å². The molecule has 0 saturated carbocycles. The van der Waals surface area contributed by atoms with E-state index in [0.29, 0.717) is 11.4 Å². The van der Waals surface area contributed by atoms with Crippen molar-refractivity contribution in [2.75, 3.05) is 24.3 Å². The van der Waals surface area contributed by atoms with Crippen molar-refractivity contribution in [1.82, 2.24) is 9.97 Å². The summed E-state index contributed by atoms with van der Waals surface area (Å²) in [5, 5.41) is 3.57. The van der Waals surface area contributed by atoms with Crippen LogP contribution in [0, 0.1) is 0 Å². The monoisotopic (exact) mass is 518 g/mol. The van der Waals surface area contributed by atoms with Crippen molar-refractivity contribution in [2.24, 2.45) is 0 Å². The molecule has 0 unspecified atom stereocenters. The van der Waals surface area contributed by atoms with Crippen molar-refractivity contribution >= 4 is 38.8 Å². The maximum absolute atomic E-state index is 13.0. The first-order chi connectivity index (χ1) is 17.7. The van der Waals surface area contributed by atoms with Crippen LogP contribution in [0.25, 0.3) is 31.9 Å². The molecule has 2 aromatic heterocycles. The molecule has 2 heterocycles. The Morgan fingerprint density at radius 2 is 1.65 bits per heavy atom. The van der Waals surface area contributed by atoms with E-state index in [9.17, 15) is 18.0 Å². The molecule has 0 aliphatic rings. The number of nitrogens with one attached hydrogen (secondary N) is 1. The van der Waals surface area contributed by atoms with Crippen LogP contribution in [0.4, 0.5) is 24.5 Å². The second-order valence-electron chi connectivity index (χ2n) is 8.61. The van der Waals surface area contributed by atoms with Crippen molar-refractivity contribution in [3.05, 3.63) is 96.3 Å². The molecular weight excluding hydrogens is 497 g/mol. The minimum atomic E-state index is -4.53. The van der Waals surface area contributed by atoms with Gasteiger partial charge in [0.15, 0.2) is 0 Å². The molecule has 0 atom stereocenters. The van der Waals surface area contributed by atoms with Gasteiger partial charge in [-0.1, -0.05) is 30.3 Å². The Morgan fingerprint density at radius 1 is 0.892 bits per heavy atom. The molecule has 37 heavy (non-hydrogen) atoms. The summed E-state index contributed by atoms with van der Waals surface area (Å²) in [6.45, 7) is 0. The fourth-order valence-electron chi connectivity index (χ4n) is 3.95. The van der Waals surface area contributed by atoms with E-state index in [1.165, 1.54) is 18.5 Å². The largest absolute Gasteiger partial charge is 0.416 e. The lowest BCUT2D eigenvalue weighted by Crippen LogP contribution is -2.14. The second kappa shape index (κ2) is 9.67. The minimum absolute atomic E-state index is 0.0768. The van der Waals surface area contributed by atoms with E-state index < -0.39 is 17.6 Å². The van der Waals surface area contributed by atoms with Gasteiger partial charge in [-0.15, -0.1) is 11.3 Å². The number of benzene rings is 3. The lowest BCUT2D eigenvalue weighted by atomic mass is 10.1. The number of nitrogens with zero attached hydrogens (tertiary/aromatic N) is 3. The number of alkyl halides is 3. The number of carbonyl (C=O) groups is 1. The van der Waals surface area contributed by atoms with Gasteiger partial charge in [0.05, 0.1) is 11.3 Å². The van der Waals surface area contributed by atoms with E-state index in [1.54, 1.807) is 29.5 Å². The van der Waals surface area contributed by atoms with E-state index >= 15 is 0 Å². The SMILES string of the molecule is CN(C)c1cccc(-c2cc3c(-c4cccc(NC(=O)c5cccc(C(F)(F)F)c5)c4)ncnc3s2)c1. The molecule has 0 saturated heterocycles. The first kappa shape index (κ1) is 24.5. The van der Waals surface area contributed by atoms with Crippen LogP contribution in [0.2, 0.25) is 0 Å². The molecule has 186 valence electrons. The zero-order valence-corrected chi connectivity index (χ0v) is 20.7. The fraction of sp³-hybridized carbons (Fsp3) is 0.107. The summed E-state index contributed by atoms with van der Waals surface area (Å²) in [6.07, 6.45) is -3.02. The Balaban J connectivity index is 1.46. The molecule has 0 bridgehead atoms. The van der Waals surface area contributed by atoms with Gasteiger partial charge in [-0.25, -0.2) is 9.97 Å². The molecule has 9 heteroatoms. The van der Waals surface area contributed by atoms with E-state index in [0.717, 1.165) is 44.0 Å². The van der Waals surface area contributed by atoms with Gasteiger partial charge < -0.3 is 10.2 Å². The van der Waals surface area contributed by atoms with Crippen LogP contribution in [0.1, 0.15) is 15.9 Å². The number of thiophene rings is 1. The lowest BCUT2D eigenvalue weighted by molar-refractivity contribution is -0.137. The molecule has 1 N–H and O–H groups in total. The number of hydrogen-bond donors (Lipinski definition) is 1. The number of anilines is 2. The quantitative estimate of drug-likeness (QED) is 0.264. The topological polar surface area (TPSA) is 58.1 Å². The summed E-state index contributed by atoms with van der Waals surface area (Å²) in [6, 6.07) is 21.7. The normalized spacial score (nSPS) is 11.5. The molecule has 1 amide bonds. The van der Waals surface area contributed by atoms with Gasteiger partial charge in [-0.2, -0.15) is 13.2 Å². The smallest absolute Gasteiger partial charge is 0.378 e. The summed E-state index contributed by atoms with van der Waals surface area (Å²) >= 11 is 1.56. The van der Waals surface area contributed by atoms with Gasteiger partial charge in [0, 0.05) is 46.9 Å². The van der Waals surface area contributed by atoms with Crippen molar-refractivity contribution in [2.45, 2.75) is 6.18 Å². The zero-order chi connectivity index (χ0) is 26.2. The highest BCUT2D eigenvalue weighted by Crippen LogP contribution is 2.38. The zero-order valence-electron chi connectivity index (χ0n) is 19.9. The van der Waals surface area contributed by atoms with Crippen molar-refractivity contribution in [3.8, 4) is 21.7 Å². The average molecular weight is 519 g/mol. The molecule has 0 spiro atoms. The van der Waals surface area contributed by atoms with Crippen LogP contribution in [0.3, 0.4) is 0 Å². The number of aromatic nitrogens is 2. The number of rotatable bonds is 5. The Kier molecular flexibility index (Phi) is 6.39. The van der Waals surface area contributed by atoms with Gasteiger partial charge >= 0.3 is 6.18 Å². The number of hydrogen-bond acceptors (Lipinski definition) is 5. The third kappa shape index (κ3) is 5.17. The highest BCUT2D eigenvalue weighted by molar-refractivity contribution is 7.21. The summed E-state index contributed by atoms with van der Waals surface area (Å²) < 4.78 is 39.1. The number of amides is 1. The van der Waals surface area contributed by atoms with Crippen LogP contribution in [-0.4, -0.2) is 30.0 Å². The van der Waals surface area contributed by atoms with Crippen LogP contribution in [-0.2, 0) is 6.18 Å². The number of halogens is 3. The van der Waals surface area contributed by atoms with Gasteiger partial charge in [-0.3, -0.25) is 4.79 Å². The molecule has 5 aromatic rings. The molecule has 3 aromatic carbocycles. The van der Waals surface area contributed by atoms with Gasteiger partial charge in [0.2, 0.25) is 0 Å². The Morgan fingerprint density at radius 3 is 2.43 bits per heavy atom. The maximum Gasteiger partial charge on any atom is 0.416 e. The predicted octanol–water partition coefficient (Wildman–Crippen LogP) is 7.36. The standard InChI is InChI=1S/C28H21F3N4OS/c1-35(2)22-11-5-6-17(14-22)24-15-23-25(32-16-33-27(23)37-24)18-7-4-10-21(13-18)34-26(36)19-8-3-9-20(12-19)28(29,30)31/h3-16H,1-2H3,(H,34,36). The highest BCUT2D eigenvalue weighted by atomic mass is 32.1. The Hall–Kier alpha value is -4.24. The second-order valence-corrected chi connectivity index (χ2v) is 9.64. The van der Waals surface area contributed by atoms with Crippen molar-refractivity contribution in [1.29, 1.82) is 0 Å². The third-order valence-corrected chi connectivity index (χ3v) is 6.91. The predicted molar refractivity (Wildman–Crippen MR) is 142 cm³/mol. The Bertz CT molecular complexity index is 1610. The molecule has 5 nitrogen and oxygen atoms in total. The summed E-state index contributed by atoms with van der Waals surface area (Å²) in [4.78, 5) is 25.5. The van der Waals surface area contributed by atoms with Crippen LogP contribution in [0.5, 0.6) is 0 Å². The molecule has 5 rings (SSSR count). The van der Waals surface area contributed by atoms with Crippen molar-refractivity contribution < 1.29 is 18.0 Å². The van der Waals surface area contributed by atoms with E-state index in [1.807, 2.05) is 37.2 Å². The first-order valence-electron chi connectivity index (χ1n) is 11.3. The fourth-order valence-corrected chi connectivity index (χ4v) is 4.94. The molecule has 0 fully saturated rings. The van der Waals surface area contributed by atoms with Crippen LogP contribution in [0.15, 0.2) is 85.2 Å². The van der Waals surface area contributed by atoms with Crippen molar-refractivity contribution in [3.63, 3.8) is 0 Å². The maximum atomic E-state index is 13.0. The average Bonchev–Trinajstić information content (AvgIpc) is 3.33. The van der Waals surface area contributed by atoms with Crippen LogP contribution >= 0.6 is 11.3 Å². The Labute approximate surface area is 215 Å². The molecule has 0 radical (unpaired) electrons. The van der Waals surface area contributed by atoms with Gasteiger partial charge in [0.25, 0.3) is 5.91 Å². The highest BCUT2D eigenvalue weighted by Gasteiger charge is 2.30. The van der Waals surface area contributed by atoms with Gasteiger partial charge in [-0.05, 0) is 54.1 Å². The van der Waals surface area contributed by atoms with Gasteiger partial charge in [0.1, 0.15) is 11.2 Å². The number of carbonyl (C=O) groups excluding carboxylic acids is 1. The lowest BCUT2D eigenvalue weighted by Gasteiger charge is -2.12. The molecule has 0 aliphatic heterocycles. The molecule has 0 aliphatic carbocycles. The summed E-state index contributed by atoms with van der Waals surface area (Å²) in [7, 11) is 3.98. The minimum Gasteiger partial charge on any atom is -0.378 e. The molecular formula is C28H21F3N4OS. The summed E-state index contributed by atoms with van der Waals surface area (Å²) in [5.74, 6) is -0.630.